The Balaban J connectivity index is 2.31. The van der Waals surface area contributed by atoms with Gasteiger partial charge in [0.05, 0.1) is 14.8 Å². The van der Waals surface area contributed by atoms with Crippen LogP contribution >= 0.6 is 27.3 Å². The summed E-state index contributed by atoms with van der Waals surface area (Å²) in [7, 11) is 0. The van der Waals surface area contributed by atoms with Crippen LogP contribution in [0.5, 0.6) is 0 Å². The number of rotatable bonds is 5. The minimum atomic E-state index is -0.352. The number of thiophene rings is 1. The van der Waals surface area contributed by atoms with Crippen LogP contribution in [-0.4, -0.2) is 23.7 Å². The largest absolute Gasteiger partial charge is 0.393 e. The number of halogens is 1. The highest BCUT2D eigenvalue weighted by Gasteiger charge is 2.11. The standard InChI is InChI=1S/C11H16BrNO2S/c1-7(2)8(14)5-6-13-11(15)9-3-4-10(12)16-9/h3-4,7-8,14H,5-6H2,1-2H3,(H,13,15). The molecule has 16 heavy (non-hydrogen) atoms. The first-order chi connectivity index (χ1) is 7.50. The number of amides is 1. The lowest BCUT2D eigenvalue weighted by atomic mass is 10.0. The van der Waals surface area contributed by atoms with E-state index in [0.29, 0.717) is 17.8 Å². The molecule has 1 amide bonds. The average Bonchev–Trinajstić information content (AvgIpc) is 2.64. The molecular weight excluding hydrogens is 290 g/mol. The molecule has 0 saturated heterocycles. The second-order valence-electron chi connectivity index (χ2n) is 3.96. The molecule has 90 valence electrons. The van der Waals surface area contributed by atoms with E-state index in [4.69, 9.17) is 0 Å². The Morgan fingerprint density at radius 3 is 2.75 bits per heavy atom. The fourth-order valence-corrected chi connectivity index (χ4v) is 2.49. The topological polar surface area (TPSA) is 49.3 Å². The molecule has 0 aliphatic heterocycles. The lowest BCUT2D eigenvalue weighted by Gasteiger charge is -2.14. The highest BCUT2D eigenvalue weighted by atomic mass is 79.9. The van der Waals surface area contributed by atoms with Gasteiger partial charge in [0, 0.05) is 6.54 Å². The van der Waals surface area contributed by atoms with Crippen molar-refractivity contribution in [1.82, 2.24) is 5.32 Å². The quantitative estimate of drug-likeness (QED) is 0.878. The van der Waals surface area contributed by atoms with Crippen LogP contribution in [0.15, 0.2) is 15.9 Å². The van der Waals surface area contributed by atoms with Crippen LogP contribution in [0, 0.1) is 5.92 Å². The summed E-state index contributed by atoms with van der Waals surface area (Å²) < 4.78 is 0.944. The van der Waals surface area contributed by atoms with E-state index < -0.39 is 0 Å². The highest BCUT2D eigenvalue weighted by molar-refractivity contribution is 9.11. The SMILES string of the molecule is CC(C)C(O)CCNC(=O)c1ccc(Br)s1. The van der Waals surface area contributed by atoms with Gasteiger partial charge in [-0.25, -0.2) is 0 Å². The van der Waals surface area contributed by atoms with Gasteiger partial charge in [0.1, 0.15) is 0 Å². The molecule has 5 heteroatoms. The molecule has 0 aliphatic carbocycles. The third-order valence-electron chi connectivity index (χ3n) is 2.29. The summed E-state index contributed by atoms with van der Waals surface area (Å²) in [5, 5.41) is 12.3. The van der Waals surface area contributed by atoms with Gasteiger partial charge in [-0.1, -0.05) is 13.8 Å². The smallest absolute Gasteiger partial charge is 0.261 e. The first kappa shape index (κ1) is 13.7. The van der Waals surface area contributed by atoms with E-state index in [1.807, 2.05) is 19.9 Å². The maximum absolute atomic E-state index is 11.6. The summed E-state index contributed by atoms with van der Waals surface area (Å²) in [6.45, 7) is 4.43. The van der Waals surface area contributed by atoms with E-state index in [1.165, 1.54) is 11.3 Å². The fraction of sp³-hybridized carbons (Fsp3) is 0.545. The van der Waals surface area contributed by atoms with Crippen molar-refractivity contribution in [3.63, 3.8) is 0 Å². The fourth-order valence-electron chi connectivity index (χ4n) is 1.19. The average molecular weight is 306 g/mol. The molecule has 1 atom stereocenters. The Labute approximate surface area is 108 Å². The number of hydrogen-bond acceptors (Lipinski definition) is 3. The maximum Gasteiger partial charge on any atom is 0.261 e. The zero-order valence-corrected chi connectivity index (χ0v) is 11.8. The van der Waals surface area contributed by atoms with E-state index in [0.717, 1.165) is 3.79 Å². The van der Waals surface area contributed by atoms with Crippen LogP contribution in [0.4, 0.5) is 0 Å². The number of hydrogen-bond donors (Lipinski definition) is 2. The van der Waals surface area contributed by atoms with E-state index in [2.05, 4.69) is 21.2 Å². The van der Waals surface area contributed by atoms with Crippen molar-refractivity contribution < 1.29 is 9.90 Å². The van der Waals surface area contributed by atoms with E-state index in [9.17, 15) is 9.90 Å². The molecule has 1 heterocycles. The molecule has 2 N–H and O–H groups in total. The molecular formula is C11H16BrNO2S. The second-order valence-corrected chi connectivity index (χ2v) is 6.42. The van der Waals surface area contributed by atoms with Gasteiger partial charge in [-0.15, -0.1) is 11.3 Å². The molecule has 0 spiro atoms. The monoisotopic (exact) mass is 305 g/mol. The number of aliphatic hydroxyl groups excluding tert-OH is 1. The first-order valence-corrected chi connectivity index (χ1v) is 6.83. The summed E-state index contributed by atoms with van der Waals surface area (Å²) in [4.78, 5) is 12.3. The van der Waals surface area contributed by atoms with Crippen molar-refractivity contribution in [2.45, 2.75) is 26.4 Å². The van der Waals surface area contributed by atoms with Gasteiger partial charge in [-0.2, -0.15) is 0 Å². The second kappa shape index (κ2) is 6.37. The summed E-state index contributed by atoms with van der Waals surface area (Å²) in [6.07, 6.45) is 0.242. The molecule has 0 aromatic carbocycles. The van der Waals surface area contributed by atoms with Crippen molar-refractivity contribution >= 4 is 33.2 Å². The van der Waals surface area contributed by atoms with Crippen molar-refractivity contribution in [2.75, 3.05) is 6.54 Å². The van der Waals surface area contributed by atoms with Crippen molar-refractivity contribution in [3.8, 4) is 0 Å². The van der Waals surface area contributed by atoms with Gasteiger partial charge in [0.25, 0.3) is 5.91 Å². The van der Waals surface area contributed by atoms with Gasteiger partial charge in [-0.3, -0.25) is 4.79 Å². The van der Waals surface area contributed by atoms with Crippen LogP contribution in [-0.2, 0) is 0 Å². The minimum Gasteiger partial charge on any atom is -0.393 e. The van der Waals surface area contributed by atoms with Crippen molar-refractivity contribution in [1.29, 1.82) is 0 Å². The molecule has 3 nitrogen and oxygen atoms in total. The summed E-state index contributed by atoms with van der Waals surface area (Å²) in [5.41, 5.74) is 0. The van der Waals surface area contributed by atoms with Crippen molar-refractivity contribution in [2.24, 2.45) is 5.92 Å². The summed E-state index contributed by atoms with van der Waals surface area (Å²) >= 11 is 4.71. The first-order valence-electron chi connectivity index (χ1n) is 5.22. The molecule has 1 rings (SSSR count). The third-order valence-corrected chi connectivity index (χ3v) is 3.91. The molecule has 0 aliphatic rings. The lowest BCUT2D eigenvalue weighted by Crippen LogP contribution is -2.28. The normalized spacial score (nSPS) is 12.8. The Bertz CT molecular complexity index is 352. The van der Waals surface area contributed by atoms with Crippen LogP contribution in [0.3, 0.4) is 0 Å². The van der Waals surface area contributed by atoms with Gasteiger partial charge in [-0.05, 0) is 40.4 Å². The van der Waals surface area contributed by atoms with E-state index in [-0.39, 0.29) is 17.9 Å². The minimum absolute atomic E-state index is 0.0772. The van der Waals surface area contributed by atoms with Crippen LogP contribution in [0.25, 0.3) is 0 Å². The van der Waals surface area contributed by atoms with Crippen LogP contribution in [0.1, 0.15) is 29.9 Å². The molecule has 0 radical (unpaired) electrons. The number of nitrogens with one attached hydrogen (secondary N) is 1. The third kappa shape index (κ3) is 4.23. The molecule has 0 fully saturated rings. The van der Waals surface area contributed by atoms with E-state index >= 15 is 0 Å². The Morgan fingerprint density at radius 2 is 2.25 bits per heavy atom. The predicted molar refractivity (Wildman–Crippen MR) is 69.8 cm³/mol. The van der Waals surface area contributed by atoms with Gasteiger partial charge in [0.2, 0.25) is 0 Å². The number of carbonyl (C=O) groups excluding carboxylic acids is 1. The number of aliphatic hydroxyl groups is 1. The van der Waals surface area contributed by atoms with Gasteiger partial charge >= 0.3 is 0 Å². The van der Waals surface area contributed by atoms with Crippen LogP contribution < -0.4 is 5.32 Å². The summed E-state index contributed by atoms with van der Waals surface area (Å²) in [6, 6.07) is 3.63. The molecule has 0 bridgehead atoms. The molecule has 1 unspecified atom stereocenters. The predicted octanol–water partition coefficient (Wildman–Crippen LogP) is 2.65. The Morgan fingerprint density at radius 1 is 1.56 bits per heavy atom. The van der Waals surface area contributed by atoms with E-state index in [1.54, 1.807) is 6.07 Å². The maximum atomic E-state index is 11.6. The van der Waals surface area contributed by atoms with Crippen LogP contribution in [0.2, 0.25) is 0 Å². The van der Waals surface area contributed by atoms with Gasteiger partial charge < -0.3 is 10.4 Å². The summed E-state index contributed by atoms with van der Waals surface area (Å²) in [5.74, 6) is 0.152. The molecule has 1 aromatic rings. The zero-order chi connectivity index (χ0) is 12.1. The zero-order valence-electron chi connectivity index (χ0n) is 9.37. The van der Waals surface area contributed by atoms with Crippen molar-refractivity contribution in [3.05, 3.63) is 20.8 Å². The molecule has 0 saturated carbocycles. The molecule has 1 aromatic heterocycles. The van der Waals surface area contributed by atoms with Gasteiger partial charge in [0.15, 0.2) is 0 Å². The Hall–Kier alpha value is -0.390. The lowest BCUT2D eigenvalue weighted by molar-refractivity contribution is 0.0924. The number of carbonyl (C=O) groups is 1. The Kier molecular flexibility index (Phi) is 5.44. The highest BCUT2D eigenvalue weighted by Crippen LogP contribution is 2.21.